The minimum absolute atomic E-state index is 0.0598. The molecule has 0 bridgehead atoms. The number of aryl methyl sites for hydroxylation is 1. The lowest BCUT2D eigenvalue weighted by Gasteiger charge is -2.12. The summed E-state index contributed by atoms with van der Waals surface area (Å²) in [7, 11) is 2.82. The summed E-state index contributed by atoms with van der Waals surface area (Å²) in [6, 6.07) is 0. The molecular formula is C11H14N2O3S. The van der Waals surface area contributed by atoms with E-state index in [1.165, 1.54) is 36.5 Å². The molecule has 0 atom stereocenters. The van der Waals surface area contributed by atoms with Gasteiger partial charge in [-0.1, -0.05) is 0 Å². The molecule has 1 rings (SSSR count). The van der Waals surface area contributed by atoms with Crippen LogP contribution in [-0.4, -0.2) is 42.5 Å². The second kappa shape index (κ2) is 6.15. The molecule has 92 valence electrons. The van der Waals surface area contributed by atoms with Crippen molar-refractivity contribution in [3.8, 4) is 0 Å². The van der Waals surface area contributed by atoms with Crippen molar-refractivity contribution >= 4 is 29.3 Å². The van der Waals surface area contributed by atoms with Gasteiger partial charge in [0.2, 0.25) is 5.91 Å². The molecule has 0 fully saturated rings. The van der Waals surface area contributed by atoms with E-state index in [2.05, 4.69) is 9.72 Å². The minimum Gasteiger partial charge on any atom is -0.468 e. The Bertz CT molecular complexity index is 440. The van der Waals surface area contributed by atoms with Gasteiger partial charge in [0.05, 0.1) is 17.8 Å². The Labute approximate surface area is 104 Å². The molecule has 0 aliphatic rings. The number of hydrogen-bond acceptors (Lipinski definition) is 5. The van der Waals surface area contributed by atoms with Crippen LogP contribution in [0.4, 0.5) is 0 Å². The predicted molar refractivity (Wildman–Crippen MR) is 65.5 cm³/mol. The van der Waals surface area contributed by atoms with Crippen LogP contribution >= 0.6 is 11.3 Å². The average Bonchev–Trinajstić information content (AvgIpc) is 2.71. The van der Waals surface area contributed by atoms with E-state index >= 15 is 0 Å². The summed E-state index contributed by atoms with van der Waals surface area (Å²) in [5.74, 6) is -0.709. The van der Waals surface area contributed by atoms with E-state index in [1.54, 1.807) is 6.08 Å². The fraction of sp³-hybridized carbons (Fsp3) is 0.364. The molecule has 1 aromatic heterocycles. The summed E-state index contributed by atoms with van der Waals surface area (Å²) in [6.07, 6.45) is 3.01. The topological polar surface area (TPSA) is 59.5 Å². The third kappa shape index (κ3) is 4.36. The fourth-order valence-electron chi connectivity index (χ4n) is 1.08. The third-order valence-electron chi connectivity index (χ3n) is 2.00. The van der Waals surface area contributed by atoms with Crippen molar-refractivity contribution in [2.45, 2.75) is 6.92 Å². The van der Waals surface area contributed by atoms with Gasteiger partial charge in [-0.15, -0.1) is 11.3 Å². The molecule has 0 aromatic carbocycles. The van der Waals surface area contributed by atoms with Gasteiger partial charge < -0.3 is 9.64 Å². The van der Waals surface area contributed by atoms with Crippen molar-refractivity contribution in [1.82, 2.24) is 9.88 Å². The number of thiazole rings is 1. The van der Waals surface area contributed by atoms with Crippen molar-refractivity contribution < 1.29 is 14.3 Å². The summed E-state index contributed by atoms with van der Waals surface area (Å²) < 4.78 is 4.47. The van der Waals surface area contributed by atoms with Crippen molar-refractivity contribution in [3.05, 3.63) is 22.2 Å². The summed E-state index contributed by atoms with van der Waals surface area (Å²) in [5, 5.41) is 2.80. The zero-order valence-electron chi connectivity index (χ0n) is 9.97. The Morgan fingerprint density at radius 1 is 1.59 bits per heavy atom. The molecule has 1 amide bonds. The van der Waals surface area contributed by atoms with E-state index in [0.29, 0.717) is 0 Å². The lowest BCUT2D eigenvalue weighted by molar-refractivity contribution is -0.144. The second-order valence-electron chi connectivity index (χ2n) is 3.40. The zero-order valence-corrected chi connectivity index (χ0v) is 10.8. The first kappa shape index (κ1) is 13.4. The van der Waals surface area contributed by atoms with E-state index in [9.17, 15) is 9.59 Å². The number of methoxy groups -OCH3 is 1. The first-order valence-electron chi connectivity index (χ1n) is 4.95. The van der Waals surface area contributed by atoms with Crippen LogP contribution in [0.15, 0.2) is 11.5 Å². The van der Waals surface area contributed by atoms with Gasteiger partial charge >= 0.3 is 5.97 Å². The molecule has 0 N–H and O–H groups in total. The number of amides is 1. The molecule has 6 heteroatoms. The second-order valence-corrected chi connectivity index (χ2v) is 4.46. The van der Waals surface area contributed by atoms with Crippen LogP contribution in [0, 0.1) is 6.92 Å². The standard InChI is InChI=1S/C11H14N2O3S/c1-8-12-9(7-17-8)4-5-10(14)13(2)6-11(15)16-3/h4-5,7H,6H2,1-3H3. The summed E-state index contributed by atoms with van der Waals surface area (Å²) in [5.41, 5.74) is 0.743. The molecule has 0 radical (unpaired) electrons. The number of nitrogens with zero attached hydrogens (tertiary/aromatic N) is 2. The Morgan fingerprint density at radius 3 is 2.82 bits per heavy atom. The maximum Gasteiger partial charge on any atom is 0.325 e. The molecular weight excluding hydrogens is 240 g/mol. The van der Waals surface area contributed by atoms with Gasteiger partial charge in [0.25, 0.3) is 0 Å². The number of ether oxygens (including phenoxy) is 1. The quantitative estimate of drug-likeness (QED) is 0.596. The third-order valence-corrected chi connectivity index (χ3v) is 2.80. The number of carbonyl (C=O) groups excluding carboxylic acids is 2. The van der Waals surface area contributed by atoms with Crippen molar-refractivity contribution in [2.75, 3.05) is 20.7 Å². The van der Waals surface area contributed by atoms with Crippen LogP contribution in [0.1, 0.15) is 10.7 Å². The van der Waals surface area contributed by atoms with Gasteiger partial charge in [-0.25, -0.2) is 4.98 Å². The van der Waals surface area contributed by atoms with E-state index in [0.717, 1.165) is 10.7 Å². The van der Waals surface area contributed by atoms with Crippen molar-refractivity contribution in [3.63, 3.8) is 0 Å². The lowest BCUT2D eigenvalue weighted by atomic mass is 10.4. The van der Waals surface area contributed by atoms with Gasteiger partial charge in [0.15, 0.2) is 0 Å². The molecule has 0 aliphatic carbocycles. The Kier molecular flexibility index (Phi) is 4.84. The summed E-state index contributed by atoms with van der Waals surface area (Å²) >= 11 is 1.52. The molecule has 0 unspecified atom stereocenters. The largest absolute Gasteiger partial charge is 0.468 e. The number of hydrogen-bond donors (Lipinski definition) is 0. The Balaban J connectivity index is 2.54. The summed E-state index contributed by atoms with van der Waals surface area (Å²) in [6.45, 7) is 1.84. The first-order valence-corrected chi connectivity index (χ1v) is 5.83. The highest BCUT2D eigenvalue weighted by molar-refractivity contribution is 7.09. The molecule has 0 saturated carbocycles. The molecule has 5 nitrogen and oxygen atoms in total. The van der Waals surface area contributed by atoms with Crippen LogP contribution in [0.2, 0.25) is 0 Å². The average molecular weight is 254 g/mol. The smallest absolute Gasteiger partial charge is 0.325 e. The lowest BCUT2D eigenvalue weighted by Crippen LogP contribution is -2.31. The number of rotatable bonds is 4. The number of carbonyl (C=O) groups is 2. The highest BCUT2D eigenvalue weighted by Crippen LogP contribution is 2.09. The van der Waals surface area contributed by atoms with Gasteiger partial charge in [-0.3, -0.25) is 9.59 Å². The number of esters is 1. The molecule has 1 heterocycles. The van der Waals surface area contributed by atoms with E-state index < -0.39 is 5.97 Å². The molecule has 17 heavy (non-hydrogen) atoms. The zero-order chi connectivity index (χ0) is 12.8. The molecule has 0 saturated heterocycles. The van der Waals surface area contributed by atoms with Crippen LogP contribution in [0.3, 0.4) is 0 Å². The van der Waals surface area contributed by atoms with Gasteiger partial charge in [0.1, 0.15) is 6.54 Å². The SMILES string of the molecule is COC(=O)CN(C)C(=O)C=Cc1csc(C)n1. The van der Waals surface area contributed by atoms with Crippen LogP contribution < -0.4 is 0 Å². The van der Waals surface area contributed by atoms with Gasteiger partial charge in [-0.2, -0.15) is 0 Å². The highest BCUT2D eigenvalue weighted by atomic mass is 32.1. The highest BCUT2D eigenvalue weighted by Gasteiger charge is 2.10. The maximum absolute atomic E-state index is 11.6. The van der Waals surface area contributed by atoms with E-state index in [-0.39, 0.29) is 12.5 Å². The summed E-state index contributed by atoms with van der Waals surface area (Å²) in [4.78, 5) is 28.0. The predicted octanol–water partition coefficient (Wildman–Crippen LogP) is 1.10. The van der Waals surface area contributed by atoms with Gasteiger partial charge in [-0.05, 0) is 13.0 Å². The minimum atomic E-state index is -0.446. The number of likely N-dealkylation sites (N-methyl/N-ethyl adjacent to an activating group) is 1. The Morgan fingerprint density at radius 2 is 2.29 bits per heavy atom. The maximum atomic E-state index is 11.6. The Hall–Kier alpha value is -1.69. The fourth-order valence-corrected chi connectivity index (χ4v) is 1.66. The molecule has 0 spiro atoms. The van der Waals surface area contributed by atoms with E-state index in [1.807, 2.05) is 12.3 Å². The monoisotopic (exact) mass is 254 g/mol. The van der Waals surface area contributed by atoms with Crippen molar-refractivity contribution in [1.29, 1.82) is 0 Å². The molecule has 0 aliphatic heterocycles. The number of aromatic nitrogens is 1. The van der Waals surface area contributed by atoms with Crippen LogP contribution in [0.5, 0.6) is 0 Å². The van der Waals surface area contributed by atoms with Crippen molar-refractivity contribution in [2.24, 2.45) is 0 Å². The van der Waals surface area contributed by atoms with Gasteiger partial charge in [0, 0.05) is 18.5 Å². The molecule has 1 aromatic rings. The van der Waals surface area contributed by atoms with E-state index in [4.69, 9.17) is 0 Å². The first-order chi connectivity index (χ1) is 8.02. The van der Waals surface area contributed by atoms with Crippen LogP contribution in [-0.2, 0) is 14.3 Å². The normalized spacial score (nSPS) is 10.5. The van der Waals surface area contributed by atoms with Crippen LogP contribution in [0.25, 0.3) is 6.08 Å².